The Morgan fingerprint density at radius 1 is 1.03 bits per heavy atom. The van der Waals surface area contributed by atoms with Crippen molar-refractivity contribution in [1.82, 2.24) is 19.6 Å². The lowest BCUT2D eigenvalue weighted by atomic mass is 10.1. The molecule has 2 aromatic carbocycles. The Labute approximate surface area is 199 Å². The molecule has 4 rings (SSSR count). The van der Waals surface area contributed by atoms with Crippen LogP contribution in [0, 0.1) is 6.92 Å². The maximum absolute atomic E-state index is 6.23. The van der Waals surface area contributed by atoms with Gasteiger partial charge in [0.2, 0.25) is 0 Å². The minimum absolute atomic E-state index is 0.429. The molecule has 0 fully saturated rings. The van der Waals surface area contributed by atoms with E-state index in [1.807, 2.05) is 41.3 Å². The highest BCUT2D eigenvalue weighted by atomic mass is 79.9. The number of benzene rings is 2. The van der Waals surface area contributed by atoms with Crippen LogP contribution in [0.15, 0.2) is 71.6 Å². The third-order valence-electron chi connectivity index (χ3n) is 4.60. The molecule has 2 N–H and O–H groups in total. The maximum atomic E-state index is 6.23. The van der Waals surface area contributed by atoms with Gasteiger partial charge in [0.15, 0.2) is 10.9 Å². The molecule has 31 heavy (non-hydrogen) atoms. The molecule has 158 valence electrons. The van der Waals surface area contributed by atoms with Gasteiger partial charge in [0.25, 0.3) is 0 Å². The van der Waals surface area contributed by atoms with E-state index in [9.17, 15) is 0 Å². The lowest BCUT2D eigenvalue weighted by Crippen LogP contribution is -2.19. The third-order valence-corrected chi connectivity index (χ3v) is 5.75. The van der Waals surface area contributed by atoms with Crippen molar-refractivity contribution in [2.24, 2.45) is 0 Å². The van der Waals surface area contributed by atoms with Gasteiger partial charge < -0.3 is 10.6 Å². The standard InChI is InChI=1S/C22H20BrClN6S/c1-15-6-8-16(9-7-15)11-30-14-19(23)21(28-30)27-22(31)26-18-10-25-29(13-18)12-17-4-2-3-5-20(17)24/h2-10,13-14H,11-12H2,1H3,(H2,26,27,28,31). The normalized spacial score (nSPS) is 10.8. The van der Waals surface area contributed by atoms with Crippen LogP contribution in [0.4, 0.5) is 11.5 Å². The lowest BCUT2D eigenvalue weighted by molar-refractivity contribution is 0.687. The molecule has 0 aliphatic heterocycles. The predicted octanol–water partition coefficient (Wildman–Crippen LogP) is 5.71. The molecule has 4 aromatic rings. The summed E-state index contributed by atoms with van der Waals surface area (Å²) in [7, 11) is 0. The van der Waals surface area contributed by atoms with Gasteiger partial charge in [-0.25, -0.2) is 0 Å². The second-order valence-corrected chi connectivity index (χ2v) is 8.78. The number of thiocarbonyl (C=S) groups is 1. The van der Waals surface area contributed by atoms with E-state index < -0.39 is 0 Å². The molecule has 0 saturated heterocycles. The molecule has 0 radical (unpaired) electrons. The van der Waals surface area contributed by atoms with E-state index >= 15 is 0 Å². The van der Waals surface area contributed by atoms with E-state index in [2.05, 4.69) is 68.0 Å². The first kappa shape index (κ1) is 21.5. The Balaban J connectivity index is 1.36. The van der Waals surface area contributed by atoms with Crippen LogP contribution in [0.25, 0.3) is 0 Å². The lowest BCUT2D eigenvalue weighted by Gasteiger charge is -2.07. The molecule has 0 atom stereocenters. The fourth-order valence-corrected chi connectivity index (χ4v) is 3.85. The molecular formula is C22H20BrClN6S. The van der Waals surface area contributed by atoms with Crippen molar-refractivity contribution >= 4 is 56.4 Å². The first-order valence-electron chi connectivity index (χ1n) is 9.58. The summed E-state index contributed by atoms with van der Waals surface area (Å²) in [6, 6.07) is 16.1. The predicted molar refractivity (Wildman–Crippen MR) is 133 cm³/mol. The molecular weight excluding hydrogens is 496 g/mol. The largest absolute Gasteiger partial charge is 0.330 e. The quantitative estimate of drug-likeness (QED) is 0.322. The number of halogens is 2. The van der Waals surface area contributed by atoms with Crippen LogP contribution in [0.2, 0.25) is 5.02 Å². The van der Waals surface area contributed by atoms with Crippen molar-refractivity contribution in [2.75, 3.05) is 10.6 Å². The second-order valence-electron chi connectivity index (χ2n) is 7.11. The van der Waals surface area contributed by atoms with Gasteiger partial charge in [0.05, 0.1) is 29.4 Å². The number of aromatic nitrogens is 4. The molecule has 0 spiro atoms. The zero-order valence-corrected chi connectivity index (χ0v) is 19.9. The van der Waals surface area contributed by atoms with Crippen LogP contribution in [-0.4, -0.2) is 24.7 Å². The van der Waals surface area contributed by atoms with Gasteiger partial charge in [-0.1, -0.05) is 59.6 Å². The Kier molecular flexibility index (Phi) is 6.70. The summed E-state index contributed by atoms with van der Waals surface area (Å²) in [6.07, 6.45) is 5.52. The molecule has 0 aliphatic rings. The minimum Gasteiger partial charge on any atom is -0.330 e. The van der Waals surface area contributed by atoms with Crippen molar-refractivity contribution < 1.29 is 0 Å². The van der Waals surface area contributed by atoms with Gasteiger partial charge in [-0.2, -0.15) is 10.2 Å². The molecule has 0 aliphatic carbocycles. The smallest absolute Gasteiger partial charge is 0.176 e. The number of aryl methyl sites for hydroxylation is 1. The second kappa shape index (κ2) is 9.64. The molecule has 9 heteroatoms. The van der Waals surface area contributed by atoms with Gasteiger partial charge in [-0.05, 0) is 52.3 Å². The molecule has 0 bridgehead atoms. The maximum Gasteiger partial charge on any atom is 0.176 e. The van der Waals surface area contributed by atoms with E-state index in [1.54, 1.807) is 10.9 Å². The van der Waals surface area contributed by atoms with E-state index in [0.29, 0.717) is 24.0 Å². The van der Waals surface area contributed by atoms with Crippen molar-refractivity contribution in [1.29, 1.82) is 0 Å². The molecule has 6 nitrogen and oxygen atoms in total. The fraction of sp³-hybridized carbons (Fsp3) is 0.136. The molecule has 0 amide bonds. The summed E-state index contributed by atoms with van der Waals surface area (Å²) in [4.78, 5) is 0. The molecule has 2 heterocycles. The Morgan fingerprint density at radius 3 is 2.58 bits per heavy atom. The van der Waals surface area contributed by atoms with E-state index in [4.69, 9.17) is 23.8 Å². The van der Waals surface area contributed by atoms with Gasteiger partial charge >= 0.3 is 0 Å². The average Bonchev–Trinajstić information content (AvgIpc) is 3.31. The number of hydrogen-bond donors (Lipinski definition) is 2. The highest BCUT2D eigenvalue weighted by Gasteiger charge is 2.10. The van der Waals surface area contributed by atoms with Crippen LogP contribution in [-0.2, 0) is 13.1 Å². The Morgan fingerprint density at radius 2 is 1.81 bits per heavy atom. The minimum atomic E-state index is 0.429. The van der Waals surface area contributed by atoms with Crippen molar-refractivity contribution in [2.45, 2.75) is 20.0 Å². The van der Waals surface area contributed by atoms with Crippen LogP contribution in [0.3, 0.4) is 0 Å². The zero-order valence-electron chi connectivity index (χ0n) is 16.7. The number of rotatable bonds is 6. The number of hydrogen-bond acceptors (Lipinski definition) is 3. The zero-order chi connectivity index (χ0) is 21.8. The highest BCUT2D eigenvalue weighted by molar-refractivity contribution is 9.10. The van der Waals surface area contributed by atoms with E-state index in [-0.39, 0.29) is 0 Å². The first-order valence-corrected chi connectivity index (χ1v) is 11.2. The van der Waals surface area contributed by atoms with Gasteiger partial charge in [-0.3, -0.25) is 9.36 Å². The summed E-state index contributed by atoms with van der Waals surface area (Å²) in [5.74, 6) is 0.646. The number of nitrogens with zero attached hydrogens (tertiary/aromatic N) is 4. The monoisotopic (exact) mass is 514 g/mol. The van der Waals surface area contributed by atoms with Gasteiger partial charge in [0.1, 0.15) is 0 Å². The Hall–Kier alpha value is -2.68. The third kappa shape index (κ3) is 5.72. The van der Waals surface area contributed by atoms with E-state index in [1.165, 1.54) is 11.1 Å². The van der Waals surface area contributed by atoms with Crippen molar-refractivity contribution in [3.05, 3.63) is 93.3 Å². The van der Waals surface area contributed by atoms with Crippen molar-refractivity contribution in [3.8, 4) is 0 Å². The molecule has 0 unspecified atom stereocenters. The highest BCUT2D eigenvalue weighted by Crippen LogP contribution is 2.21. The summed E-state index contributed by atoms with van der Waals surface area (Å²) < 4.78 is 4.50. The van der Waals surface area contributed by atoms with Crippen LogP contribution >= 0.6 is 39.7 Å². The SMILES string of the molecule is Cc1ccc(Cn2cc(Br)c(NC(=S)Nc3cnn(Cc4ccccc4Cl)c3)n2)cc1. The average molecular weight is 516 g/mol. The van der Waals surface area contributed by atoms with Crippen LogP contribution < -0.4 is 10.6 Å². The van der Waals surface area contributed by atoms with Gasteiger partial charge in [-0.15, -0.1) is 0 Å². The number of anilines is 2. The summed E-state index contributed by atoms with van der Waals surface area (Å²) >= 11 is 15.2. The van der Waals surface area contributed by atoms with Crippen molar-refractivity contribution in [3.63, 3.8) is 0 Å². The summed E-state index contributed by atoms with van der Waals surface area (Å²) in [5.41, 5.74) is 4.19. The first-order chi connectivity index (χ1) is 15.0. The van der Waals surface area contributed by atoms with Crippen LogP contribution in [0.1, 0.15) is 16.7 Å². The summed E-state index contributed by atoms with van der Waals surface area (Å²) in [6.45, 7) is 3.33. The number of nitrogens with one attached hydrogen (secondary N) is 2. The van der Waals surface area contributed by atoms with Gasteiger partial charge in [0, 0.05) is 17.4 Å². The van der Waals surface area contributed by atoms with E-state index in [0.717, 1.165) is 20.7 Å². The Bertz CT molecular complexity index is 1200. The fourth-order valence-electron chi connectivity index (χ4n) is 3.03. The molecule has 0 saturated carbocycles. The summed E-state index contributed by atoms with van der Waals surface area (Å²) in [5, 5.41) is 16.4. The molecule has 2 aromatic heterocycles. The topological polar surface area (TPSA) is 59.7 Å². The van der Waals surface area contributed by atoms with Crippen LogP contribution in [0.5, 0.6) is 0 Å².